The lowest BCUT2D eigenvalue weighted by atomic mass is 10.0. The lowest BCUT2D eigenvalue weighted by Crippen LogP contribution is -2.51. The Labute approximate surface area is 152 Å². The second kappa shape index (κ2) is 7.75. The van der Waals surface area contributed by atoms with Crippen LogP contribution in [0.1, 0.15) is 29.8 Å². The van der Waals surface area contributed by atoms with Crippen LogP contribution >= 0.6 is 22.7 Å². The zero-order valence-corrected chi connectivity index (χ0v) is 15.0. The molecule has 3 heterocycles. The summed E-state index contributed by atoms with van der Waals surface area (Å²) in [7, 11) is 0. The number of piperidine rings is 1. The number of hydrogen-bond acceptors (Lipinski definition) is 7. The number of likely N-dealkylation sites (tertiary alicyclic amines) is 1. The van der Waals surface area contributed by atoms with Crippen LogP contribution in [0.25, 0.3) is 9.88 Å². The third-order valence-corrected chi connectivity index (χ3v) is 5.80. The molecule has 0 saturated carbocycles. The predicted molar refractivity (Wildman–Crippen MR) is 94.3 cm³/mol. The zero-order valence-electron chi connectivity index (χ0n) is 13.3. The molecule has 2 N–H and O–H groups in total. The Hall–Kier alpha value is -2.26. The molecule has 3 rings (SSSR count). The van der Waals surface area contributed by atoms with E-state index in [2.05, 4.69) is 4.98 Å². The highest BCUT2D eigenvalue weighted by Crippen LogP contribution is 2.28. The first kappa shape index (κ1) is 17.6. The van der Waals surface area contributed by atoms with E-state index in [0.29, 0.717) is 13.0 Å². The van der Waals surface area contributed by atoms with Crippen LogP contribution in [0.15, 0.2) is 22.9 Å². The molecule has 0 bridgehead atoms. The molecule has 1 aliphatic rings. The molecule has 1 saturated heterocycles. The van der Waals surface area contributed by atoms with Crippen molar-refractivity contribution in [2.24, 2.45) is 5.73 Å². The Morgan fingerprint density at radius 1 is 1.32 bits per heavy atom. The number of amides is 2. The largest absolute Gasteiger partial charge is 0.451 e. The fourth-order valence-electron chi connectivity index (χ4n) is 2.69. The average Bonchev–Trinajstić information content (AvgIpc) is 3.30. The van der Waals surface area contributed by atoms with E-state index in [-0.39, 0.29) is 5.69 Å². The van der Waals surface area contributed by atoms with Gasteiger partial charge in [0.2, 0.25) is 5.91 Å². The minimum Gasteiger partial charge on any atom is -0.451 e. The van der Waals surface area contributed by atoms with Crippen LogP contribution in [0.4, 0.5) is 0 Å². The first-order valence-electron chi connectivity index (χ1n) is 7.81. The highest BCUT2D eigenvalue weighted by molar-refractivity contribution is 7.20. The first-order chi connectivity index (χ1) is 12.1. The van der Waals surface area contributed by atoms with E-state index >= 15 is 0 Å². The molecule has 0 aromatic carbocycles. The van der Waals surface area contributed by atoms with Crippen molar-refractivity contribution in [1.29, 1.82) is 0 Å². The minimum absolute atomic E-state index is 0.172. The van der Waals surface area contributed by atoms with Crippen molar-refractivity contribution in [3.8, 4) is 9.88 Å². The summed E-state index contributed by atoms with van der Waals surface area (Å²) >= 11 is 2.88. The van der Waals surface area contributed by atoms with Gasteiger partial charge in [0.1, 0.15) is 11.0 Å². The molecule has 2 amide bonds. The maximum absolute atomic E-state index is 12.3. The number of rotatable bonds is 5. The van der Waals surface area contributed by atoms with Gasteiger partial charge in [-0.1, -0.05) is 6.07 Å². The molecule has 0 aliphatic carbocycles. The summed E-state index contributed by atoms with van der Waals surface area (Å²) in [4.78, 5) is 42.4. The Kier molecular flexibility index (Phi) is 5.44. The summed E-state index contributed by atoms with van der Waals surface area (Å²) in [5.41, 5.74) is 5.52. The molecule has 1 fully saturated rings. The summed E-state index contributed by atoms with van der Waals surface area (Å²) in [6.45, 7) is 0.0255. The molecule has 132 valence electrons. The van der Waals surface area contributed by atoms with E-state index < -0.39 is 30.4 Å². The van der Waals surface area contributed by atoms with E-state index in [4.69, 9.17) is 10.5 Å². The number of aromatic nitrogens is 1. The normalized spacial score (nSPS) is 17.3. The Morgan fingerprint density at radius 2 is 2.16 bits per heavy atom. The van der Waals surface area contributed by atoms with Crippen LogP contribution in [-0.4, -0.2) is 46.9 Å². The quantitative estimate of drug-likeness (QED) is 0.799. The molecule has 0 spiro atoms. The van der Waals surface area contributed by atoms with Gasteiger partial charge in [0, 0.05) is 11.9 Å². The monoisotopic (exact) mass is 379 g/mol. The summed E-state index contributed by atoms with van der Waals surface area (Å²) in [5.74, 6) is -1.59. The lowest BCUT2D eigenvalue weighted by molar-refractivity contribution is -0.143. The summed E-state index contributed by atoms with van der Waals surface area (Å²) in [6, 6.07) is 3.21. The van der Waals surface area contributed by atoms with Gasteiger partial charge >= 0.3 is 5.97 Å². The van der Waals surface area contributed by atoms with Gasteiger partial charge < -0.3 is 15.4 Å². The maximum atomic E-state index is 12.3. The second-order valence-corrected chi connectivity index (χ2v) is 7.40. The third-order valence-electron chi connectivity index (χ3n) is 3.92. The molecule has 1 aliphatic heterocycles. The van der Waals surface area contributed by atoms with Gasteiger partial charge in [-0.2, -0.15) is 0 Å². The van der Waals surface area contributed by atoms with Crippen molar-refractivity contribution in [3.63, 3.8) is 0 Å². The van der Waals surface area contributed by atoms with Crippen LogP contribution in [0.5, 0.6) is 0 Å². The fraction of sp³-hybridized carbons (Fsp3) is 0.375. The average molecular weight is 379 g/mol. The van der Waals surface area contributed by atoms with Crippen LogP contribution in [0.3, 0.4) is 0 Å². The second-order valence-electron chi connectivity index (χ2n) is 5.59. The number of thiazole rings is 1. The molecular formula is C16H17N3O4S2. The molecule has 2 aromatic rings. The van der Waals surface area contributed by atoms with E-state index in [1.807, 2.05) is 17.5 Å². The molecule has 9 heteroatoms. The number of nitrogens with two attached hydrogens (primary N) is 1. The van der Waals surface area contributed by atoms with Gasteiger partial charge in [-0.25, -0.2) is 9.78 Å². The van der Waals surface area contributed by atoms with Gasteiger partial charge in [-0.3, -0.25) is 9.59 Å². The fourth-order valence-corrected chi connectivity index (χ4v) is 4.29. The number of esters is 1. The van der Waals surface area contributed by atoms with Gasteiger partial charge in [-0.15, -0.1) is 22.7 Å². The van der Waals surface area contributed by atoms with E-state index in [9.17, 15) is 14.4 Å². The van der Waals surface area contributed by atoms with Gasteiger partial charge in [0.05, 0.1) is 4.88 Å². The SMILES string of the molecule is NC(=O)[C@H]1CCCCN1C(=O)COC(=O)c1csc(-c2cccs2)n1. The Morgan fingerprint density at radius 3 is 2.88 bits per heavy atom. The zero-order chi connectivity index (χ0) is 17.8. The lowest BCUT2D eigenvalue weighted by Gasteiger charge is -2.33. The van der Waals surface area contributed by atoms with Gasteiger partial charge in [-0.05, 0) is 30.7 Å². The smallest absolute Gasteiger partial charge is 0.358 e. The molecule has 0 radical (unpaired) electrons. The summed E-state index contributed by atoms with van der Waals surface area (Å²) in [6.07, 6.45) is 2.20. The van der Waals surface area contributed by atoms with Crippen molar-refractivity contribution in [3.05, 3.63) is 28.6 Å². The highest BCUT2D eigenvalue weighted by Gasteiger charge is 2.31. The van der Waals surface area contributed by atoms with Crippen LogP contribution < -0.4 is 5.73 Å². The number of carbonyl (C=O) groups is 3. The van der Waals surface area contributed by atoms with Crippen molar-refractivity contribution < 1.29 is 19.1 Å². The van der Waals surface area contributed by atoms with E-state index in [1.54, 1.807) is 5.38 Å². The van der Waals surface area contributed by atoms with Gasteiger partial charge in [0.15, 0.2) is 12.3 Å². The van der Waals surface area contributed by atoms with Crippen molar-refractivity contribution >= 4 is 40.5 Å². The third kappa shape index (κ3) is 4.05. The number of thiophene rings is 1. The molecule has 7 nitrogen and oxygen atoms in total. The Balaban J connectivity index is 1.58. The topological polar surface area (TPSA) is 103 Å². The Bertz CT molecular complexity index is 772. The van der Waals surface area contributed by atoms with Crippen molar-refractivity contribution in [2.75, 3.05) is 13.2 Å². The van der Waals surface area contributed by atoms with Crippen LogP contribution in [0.2, 0.25) is 0 Å². The number of ether oxygens (including phenoxy) is 1. The van der Waals surface area contributed by atoms with Crippen molar-refractivity contribution in [1.82, 2.24) is 9.88 Å². The van der Waals surface area contributed by atoms with Crippen molar-refractivity contribution in [2.45, 2.75) is 25.3 Å². The van der Waals surface area contributed by atoms with E-state index in [1.165, 1.54) is 27.6 Å². The standard InChI is InChI=1S/C16H17N3O4S2/c17-14(21)11-4-1-2-6-19(11)13(20)8-23-16(22)10-9-25-15(18-10)12-5-3-7-24-12/h3,5,7,9,11H,1-2,4,6,8H2,(H2,17,21)/t11-/m1/s1. The summed E-state index contributed by atoms with van der Waals surface area (Å²) in [5, 5.41) is 4.27. The summed E-state index contributed by atoms with van der Waals surface area (Å²) < 4.78 is 5.07. The molecule has 25 heavy (non-hydrogen) atoms. The molecule has 1 atom stereocenters. The van der Waals surface area contributed by atoms with Crippen LogP contribution in [-0.2, 0) is 14.3 Å². The number of hydrogen-bond donors (Lipinski definition) is 1. The number of nitrogens with zero attached hydrogens (tertiary/aromatic N) is 2. The highest BCUT2D eigenvalue weighted by atomic mass is 32.1. The maximum Gasteiger partial charge on any atom is 0.358 e. The minimum atomic E-state index is -0.653. The number of primary amides is 1. The van der Waals surface area contributed by atoms with Crippen LogP contribution in [0, 0.1) is 0 Å². The first-order valence-corrected chi connectivity index (χ1v) is 9.57. The molecular weight excluding hydrogens is 362 g/mol. The molecule has 0 unspecified atom stereocenters. The molecule has 2 aromatic heterocycles. The predicted octanol–water partition coefficient (Wildman–Crippen LogP) is 1.89. The number of carbonyl (C=O) groups excluding carboxylic acids is 3. The van der Waals surface area contributed by atoms with E-state index in [0.717, 1.165) is 22.7 Å². The van der Waals surface area contributed by atoms with Gasteiger partial charge in [0.25, 0.3) is 5.91 Å².